The summed E-state index contributed by atoms with van der Waals surface area (Å²) in [5, 5.41) is 0. The van der Waals surface area contributed by atoms with Crippen molar-refractivity contribution in [2.75, 3.05) is 13.1 Å². The van der Waals surface area contributed by atoms with Gasteiger partial charge < -0.3 is 0 Å². The first-order valence-corrected chi connectivity index (χ1v) is 9.19. The highest BCUT2D eigenvalue weighted by Gasteiger charge is 2.31. The fraction of sp³-hybridized carbons (Fsp3) is 0.364. The number of halogens is 6. The van der Waals surface area contributed by atoms with E-state index in [4.69, 9.17) is 0 Å². The Hall–Kier alpha value is -2.64. The summed E-state index contributed by atoms with van der Waals surface area (Å²) in [6, 6.07) is 6.98. The van der Waals surface area contributed by atoms with Crippen molar-refractivity contribution in [2.24, 2.45) is 9.98 Å². The van der Waals surface area contributed by atoms with E-state index < -0.39 is 23.5 Å². The van der Waals surface area contributed by atoms with Crippen molar-refractivity contribution in [3.05, 3.63) is 69.8 Å². The van der Waals surface area contributed by atoms with Gasteiger partial charge in [0.1, 0.15) is 0 Å². The lowest BCUT2D eigenvalue weighted by Crippen LogP contribution is -2.09. The van der Waals surface area contributed by atoms with Crippen molar-refractivity contribution in [1.29, 1.82) is 0 Å². The minimum absolute atomic E-state index is 0.205. The van der Waals surface area contributed by atoms with Crippen molar-refractivity contribution < 1.29 is 26.3 Å². The summed E-state index contributed by atoms with van der Waals surface area (Å²) in [4.78, 5) is 8.57. The SMILES string of the molecule is CC(=NCCN=C(C)c1cc(C(F)(F)F)ccc1C)c1cc(C(F)(F)F)ccc1C. The van der Waals surface area contributed by atoms with E-state index in [1.165, 1.54) is 12.1 Å². The second kappa shape index (κ2) is 9.02. The molecule has 2 rings (SSSR count). The highest BCUT2D eigenvalue weighted by atomic mass is 19.4. The van der Waals surface area contributed by atoms with Crippen LogP contribution in [0.15, 0.2) is 46.4 Å². The minimum atomic E-state index is -4.44. The molecule has 0 saturated carbocycles. The van der Waals surface area contributed by atoms with Crippen LogP contribution in [0.3, 0.4) is 0 Å². The first kappa shape index (κ1) is 23.6. The zero-order chi connectivity index (χ0) is 22.7. The number of rotatable bonds is 5. The van der Waals surface area contributed by atoms with Crippen LogP contribution in [-0.4, -0.2) is 24.5 Å². The maximum Gasteiger partial charge on any atom is 0.416 e. The van der Waals surface area contributed by atoms with Gasteiger partial charge in [0.25, 0.3) is 0 Å². The fourth-order valence-electron chi connectivity index (χ4n) is 2.98. The van der Waals surface area contributed by atoms with Crippen LogP contribution in [0.25, 0.3) is 0 Å². The van der Waals surface area contributed by atoms with Crippen LogP contribution < -0.4 is 0 Å². The van der Waals surface area contributed by atoms with Crippen molar-refractivity contribution >= 4 is 11.4 Å². The van der Waals surface area contributed by atoms with Gasteiger partial charge in [0.2, 0.25) is 0 Å². The minimum Gasteiger partial charge on any atom is -0.287 e. The fourth-order valence-corrected chi connectivity index (χ4v) is 2.98. The predicted octanol–water partition coefficient (Wildman–Crippen LogP) is 6.66. The molecule has 0 aromatic heterocycles. The van der Waals surface area contributed by atoms with Gasteiger partial charge in [0.15, 0.2) is 0 Å². The van der Waals surface area contributed by atoms with E-state index in [1.807, 2.05) is 0 Å². The summed E-state index contributed by atoms with van der Waals surface area (Å²) in [5.74, 6) is 0. The van der Waals surface area contributed by atoms with Gasteiger partial charge in [-0.25, -0.2) is 0 Å². The van der Waals surface area contributed by atoms with Crippen LogP contribution in [-0.2, 0) is 12.4 Å². The Morgan fingerprint density at radius 3 is 1.30 bits per heavy atom. The summed E-state index contributed by atoms with van der Waals surface area (Å²) in [5.41, 5.74) is 1.55. The summed E-state index contributed by atoms with van der Waals surface area (Å²) in [7, 11) is 0. The summed E-state index contributed by atoms with van der Waals surface area (Å²) in [6.45, 7) is 7.06. The summed E-state index contributed by atoms with van der Waals surface area (Å²) >= 11 is 0. The van der Waals surface area contributed by atoms with E-state index in [0.29, 0.717) is 33.7 Å². The second-order valence-electron chi connectivity index (χ2n) is 6.99. The predicted molar refractivity (Wildman–Crippen MR) is 107 cm³/mol. The molecule has 162 valence electrons. The third-order valence-electron chi connectivity index (χ3n) is 4.71. The van der Waals surface area contributed by atoms with E-state index in [9.17, 15) is 26.3 Å². The maximum atomic E-state index is 12.9. The van der Waals surface area contributed by atoms with E-state index in [0.717, 1.165) is 24.3 Å². The van der Waals surface area contributed by atoms with Crippen LogP contribution in [0, 0.1) is 13.8 Å². The van der Waals surface area contributed by atoms with E-state index >= 15 is 0 Å². The van der Waals surface area contributed by atoms with Gasteiger partial charge in [-0.05, 0) is 74.2 Å². The summed E-state index contributed by atoms with van der Waals surface area (Å²) < 4.78 is 77.6. The quantitative estimate of drug-likeness (QED) is 0.289. The van der Waals surface area contributed by atoms with Crippen LogP contribution in [0.2, 0.25) is 0 Å². The average Bonchev–Trinajstić information content (AvgIpc) is 2.63. The molecule has 0 radical (unpaired) electrons. The number of hydrogen-bond donors (Lipinski definition) is 0. The van der Waals surface area contributed by atoms with Crippen molar-refractivity contribution in [2.45, 2.75) is 40.0 Å². The molecule has 0 atom stereocenters. The van der Waals surface area contributed by atoms with Crippen LogP contribution in [0.5, 0.6) is 0 Å². The van der Waals surface area contributed by atoms with Gasteiger partial charge >= 0.3 is 12.4 Å². The molecule has 0 aliphatic heterocycles. The lowest BCUT2D eigenvalue weighted by molar-refractivity contribution is -0.138. The number of aliphatic imine (C=N–C) groups is 2. The number of hydrogen-bond acceptors (Lipinski definition) is 2. The Balaban J connectivity index is 2.15. The van der Waals surface area contributed by atoms with E-state index in [-0.39, 0.29) is 13.1 Å². The van der Waals surface area contributed by atoms with E-state index in [2.05, 4.69) is 9.98 Å². The third-order valence-corrected chi connectivity index (χ3v) is 4.71. The zero-order valence-electron chi connectivity index (χ0n) is 17.0. The smallest absolute Gasteiger partial charge is 0.287 e. The molecule has 2 aromatic carbocycles. The first-order valence-electron chi connectivity index (χ1n) is 9.19. The van der Waals surface area contributed by atoms with Crippen LogP contribution in [0.4, 0.5) is 26.3 Å². The topological polar surface area (TPSA) is 24.7 Å². The Kier molecular flexibility index (Phi) is 7.10. The van der Waals surface area contributed by atoms with Crippen LogP contribution >= 0.6 is 0 Å². The van der Waals surface area contributed by atoms with E-state index in [1.54, 1.807) is 27.7 Å². The molecular formula is C22H22F6N2. The normalized spacial score (nSPS) is 13.7. The van der Waals surface area contributed by atoms with Crippen molar-refractivity contribution in [3.63, 3.8) is 0 Å². The van der Waals surface area contributed by atoms with Gasteiger partial charge in [-0.3, -0.25) is 9.98 Å². The molecule has 0 fully saturated rings. The molecule has 0 saturated heterocycles. The van der Waals surface area contributed by atoms with Crippen molar-refractivity contribution in [3.8, 4) is 0 Å². The molecular weight excluding hydrogens is 406 g/mol. The number of benzene rings is 2. The number of aryl methyl sites for hydroxylation is 2. The van der Waals surface area contributed by atoms with Gasteiger partial charge in [0.05, 0.1) is 24.2 Å². The number of alkyl halides is 6. The summed E-state index contributed by atoms with van der Waals surface area (Å²) in [6.07, 6.45) is -8.88. The van der Waals surface area contributed by atoms with Gasteiger partial charge in [-0.15, -0.1) is 0 Å². The molecule has 0 unspecified atom stereocenters. The van der Waals surface area contributed by atoms with Gasteiger partial charge in [-0.1, -0.05) is 12.1 Å². The molecule has 30 heavy (non-hydrogen) atoms. The molecule has 0 heterocycles. The Morgan fingerprint density at radius 2 is 1.00 bits per heavy atom. The highest BCUT2D eigenvalue weighted by Crippen LogP contribution is 2.31. The molecule has 0 aliphatic carbocycles. The molecule has 0 spiro atoms. The van der Waals surface area contributed by atoms with Gasteiger partial charge in [0, 0.05) is 11.4 Å². The molecule has 0 amide bonds. The third kappa shape index (κ3) is 5.93. The monoisotopic (exact) mass is 428 g/mol. The number of nitrogens with zero attached hydrogens (tertiary/aromatic N) is 2. The molecule has 0 N–H and O–H groups in total. The zero-order valence-corrected chi connectivity index (χ0v) is 17.0. The van der Waals surface area contributed by atoms with Crippen molar-refractivity contribution in [1.82, 2.24) is 0 Å². The van der Waals surface area contributed by atoms with Crippen LogP contribution in [0.1, 0.15) is 47.2 Å². The molecule has 8 heteroatoms. The van der Waals surface area contributed by atoms with Gasteiger partial charge in [-0.2, -0.15) is 26.3 Å². The maximum absolute atomic E-state index is 12.9. The Labute approximate surface area is 171 Å². The standard InChI is InChI=1S/C22H22F6N2/c1-13-5-7-17(21(23,24)25)11-19(13)15(3)29-9-10-30-16(4)20-12-18(22(26,27)28)8-6-14(20)2/h5-8,11-12H,9-10H2,1-4H3. The Morgan fingerprint density at radius 1 is 0.667 bits per heavy atom. The molecule has 0 bridgehead atoms. The highest BCUT2D eigenvalue weighted by molar-refractivity contribution is 6.01. The molecule has 2 aromatic rings. The molecule has 2 nitrogen and oxygen atoms in total. The Bertz CT molecular complexity index is 889. The molecule has 0 aliphatic rings. The first-order chi connectivity index (χ1) is 13.8. The largest absolute Gasteiger partial charge is 0.416 e. The lowest BCUT2D eigenvalue weighted by Gasteiger charge is -2.12. The lowest BCUT2D eigenvalue weighted by atomic mass is 10.0. The average molecular weight is 428 g/mol. The second-order valence-corrected chi connectivity index (χ2v) is 6.99.